The first-order chi connectivity index (χ1) is 14.0. The number of ether oxygens (including phenoxy) is 1. The zero-order valence-corrected chi connectivity index (χ0v) is 17.0. The van der Waals surface area contributed by atoms with Crippen molar-refractivity contribution in [3.63, 3.8) is 0 Å². The van der Waals surface area contributed by atoms with Gasteiger partial charge in [-0.3, -0.25) is 4.90 Å². The minimum absolute atomic E-state index is 0.0650. The van der Waals surface area contributed by atoms with E-state index in [1.54, 1.807) is 12.1 Å². The highest BCUT2D eigenvalue weighted by Gasteiger charge is 2.25. The number of hydrogen-bond donors (Lipinski definition) is 1. The van der Waals surface area contributed by atoms with E-state index in [1.165, 1.54) is 12.1 Å². The van der Waals surface area contributed by atoms with Gasteiger partial charge in [0.25, 0.3) is 0 Å². The Hall–Kier alpha value is -2.28. The average molecular weight is 400 g/mol. The number of hydrogen-bond acceptors (Lipinski definition) is 5. The van der Waals surface area contributed by atoms with Crippen LogP contribution in [0.4, 0.5) is 4.39 Å². The lowest BCUT2D eigenvalue weighted by Crippen LogP contribution is -2.39. The maximum atomic E-state index is 13.2. The Morgan fingerprint density at radius 3 is 2.59 bits per heavy atom. The van der Waals surface area contributed by atoms with E-state index in [2.05, 4.69) is 10.1 Å². The zero-order valence-electron chi connectivity index (χ0n) is 17.0. The molecule has 0 aliphatic carbocycles. The van der Waals surface area contributed by atoms with Crippen molar-refractivity contribution in [1.29, 1.82) is 0 Å². The van der Waals surface area contributed by atoms with Gasteiger partial charge in [0.05, 0.1) is 24.5 Å². The quantitative estimate of drug-likeness (QED) is 0.662. The predicted octanol–water partition coefficient (Wildman–Crippen LogP) is 3.61. The first-order valence-corrected chi connectivity index (χ1v) is 10.0. The average Bonchev–Trinajstić information content (AvgIpc) is 3.17. The second kappa shape index (κ2) is 10.5. The number of benzene rings is 2. The molecule has 0 saturated heterocycles. The third-order valence-electron chi connectivity index (χ3n) is 4.71. The van der Waals surface area contributed by atoms with Crippen LogP contribution in [0.2, 0.25) is 0 Å². The van der Waals surface area contributed by atoms with Crippen molar-refractivity contribution >= 4 is 5.71 Å². The Bertz CT molecular complexity index is 780. The van der Waals surface area contributed by atoms with E-state index < -0.39 is 6.10 Å². The van der Waals surface area contributed by atoms with Crippen molar-refractivity contribution in [2.75, 3.05) is 19.7 Å². The smallest absolute Gasteiger partial charge is 0.145 e. The first kappa shape index (κ1) is 21.4. The summed E-state index contributed by atoms with van der Waals surface area (Å²) in [7, 11) is 0. The van der Waals surface area contributed by atoms with Gasteiger partial charge < -0.3 is 14.7 Å². The number of nitrogens with zero attached hydrogens (tertiary/aromatic N) is 2. The molecule has 156 valence electrons. The molecule has 1 heterocycles. The van der Waals surface area contributed by atoms with Crippen LogP contribution in [-0.2, 0) is 16.1 Å². The molecule has 0 amide bonds. The van der Waals surface area contributed by atoms with Gasteiger partial charge in [-0.25, -0.2) is 4.39 Å². The molecule has 0 saturated carbocycles. The summed E-state index contributed by atoms with van der Waals surface area (Å²) in [5.74, 6) is -0.259. The summed E-state index contributed by atoms with van der Waals surface area (Å²) >= 11 is 0. The third-order valence-corrected chi connectivity index (χ3v) is 4.71. The van der Waals surface area contributed by atoms with Gasteiger partial charge in [-0.15, -0.1) is 0 Å². The van der Waals surface area contributed by atoms with Crippen molar-refractivity contribution in [2.24, 2.45) is 5.16 Å². The van der Waals surface area contributed by atoms with E-state index in [0.29, 0.717) is 26.1 Å². The van der Waals surface area contributed by atoms with E-state index in [9.17, 15) is 9.50 Å². The second-order valence-corrected chi connectivity index (χ2v) is 7.69. The van der Waals surface area contributed by atoms with Crippen LogP contribution >= 0.6 is 0 Å². The van der Waals surface area contributed by atoms with Gasteiger partial charge >= 0.3 is 0 Å². The lowest BCUT2D eigenvalue weighted by atomic mass is 10.0. The van der Waals surface area contributed by atoms with Crippen molar-refractivity contribution < 1.29 is 19.1 Å². The molecule has 0 unspecified atom stereocenters. The Balaban J connectivity index is 1.60. The molecule has 1 aliphatic heterocycles. The van der Waals surface area contributed by atoms with E-state index in [0.717, 1.165) is 16.8 Å². The van der Waals surface area contributed by atoms with Gasteiger partial charge in [-0.05, 0) is 37.1 Å². The third kappa shape index (κ3) is 6.92. The number of aliphatic hydroxyl groups excluding tert-OH is 1. The van der Waals surface area contributed by atoms with E-state index in [4.69, 9.17) is 9.57 Å². The summed E-state index contributed by atoms with van der Waals surface area (Å²) in [5, 5.41) is 14.6. The molecule has 1 aliphatic rings. The largest absolute Gasteiger partial charge is 0.390 e. The molecule has 5 nitrogen and oxygen atoms in total. The van der Waals surface area contributed by atoms with Gasteiger partial charge in [-0.1, -0.05) is 47.6 Å². The molecule has 3 rings (SSSR count). The molecule has 0 bridgehead atoms. The fourth-order valence-corrected chi connectivity index (χ4v) is 3.32. The molecular weight excluding hydrogens is 371 g/mol. The summed E-state index contributed by atoms with van der Waals surface area (Å²) in [6, 6.07) is 16.4. The monoisotopic (exact) mass is 400 g/mol. The molecule has 2 aromatic rings. The minimum atomic E-state index is -0.617. The molecule has 0 radical (unpaired) electrons. The molecule has 6 heteroatoms. The molecule has 2 aromatic carbocycles. The van der Waals surface area contributed by atoms with Crippen LogP contribution in [0.3, 0.4) is 0 Å². The SMILES string of the molecule is CC(C)OC[C@@H](O)CN(Cc1ccc(F)cc1)C[C@H]1CC(c2ccccc2)=NO1. The standard InChI is InChI=1S/C23H29FN2O3/c1-17(2)28-16-21(27)14-26(13-18-8-10-20(24)11-9-18)15-22-12-23(25-29-22)19-6-4-3-5-7-19/h3-11,17,21-22,27H,12-16H2,1-2H3/t21-,22+/m0/s1. The van der Waals surface area contributed by atoms with Crippen molar-refractivity contribution in [3.05, 3.63) is 71.5 Å². The molecule has 29 heavy (non-hydrogen) atoms. The fourth-order valence-electron chi connectivity index (χ4n) is 3.32. The van der Waals surface area contributed by atoms with Gasteiger partial charge in [0.15, 0.2) is 0 Å². The molecule has 1 N–H and O–H groups in total. The minimum Gasteiger partial charge on any atom is -0.390 e. The van der Waals surface area contributed by atoms with Crippen molar-refractivity contribution in [3.8, 4) is 0 Å². The summed E-state index contributed by atoms with van der Waals surface area (Å²) in [6.07, 6.45) is 0.0653. The maximum absolute atomic E-state index is 13.2. The van der Waals surface area contributed by atoms with Crippen molar-refractivity contribution in [1.82, 2.24) is 4.90 Å². The maximum Gasteiger partial charge on any atom is 0.145 e. The van der Waals surface area contributed by atoms with Crippen LogP contribution in [0.15, 0.2) is 59.8 Å². The van der Waals surface area contributed by atoms with Crippen LogP contribution in [0.1, 0.15) is 31.4 Å². The number of oxime groups is 1. The fraction of sp³-hybridized carbons (Fsp3) is 0.435. The molecule has 0 aromatic heterocycles. The summed E-state index contributed by atoms with van der Waals surface area (Å²) in [4.78, 5) is 7.77. The van der Waals surface area contributed by atoms with Gasteiger partial charge in [0, 0.05) is 26.1 Å². The van der Waals surface area contributed by atoms with Crippen LogP contribution in [0, 0.1) is 5.82 Å². The van der Waals surface area contributed by atoms with E-state index in [1.807, 2.05) is 44.2 Å². The molecular formula is C23H29FN2O3. The normalized spacial score (nSPS) is 17.4. The zero-order chi connectivity index (χ0) is 20.6. The highest BCUT2D eigenvalue weighted by Crippen LogP contribution is 2.19. The number of aliphatic hydroxyl groups is 1. The van der Waals surface area contributed by atoms with Crippen molar-refractivity contribution in [2.45, 2.75) is 45.1 Å². The number of halogens is 1. The Morgan fingerprint density at radius 1 is 1.17 bits per heavy atom. The van der Waals surface area contributed by atoms with Gasteiger partial charge in [-0.2, -0.15) is 0 Å². The van der Waals surface area contributed by atoms with Crippen LogP contribution in [0.5, 0.6) is 0 Å². The Kier molecular flexibility index (Phi) is 7.75. The highest BCUT2D eigenvalue weighted by atomic mass is 19.1. The first-order valence-electron chi connectivity index (χ1n) is 10.0. The van der Waals surface area contributed by atoms with Gasteiger partial charge in [0.1, 0.15) is 11.9 Å². The molecule has 2 atom stereocenters. The van der Waals surface area contributed by atoms with Crippen LogP contribution in [0.25, 0.3) is 0 Å². The van der Waals surface area contributed by atoms with Crippen LogP contribution < -0.4 is 0 Å². The second-order valence-electron chi connectivity index (χ2n) is 7.69. The lowest BCUT2D eigenvalue weighted by Gasteiger charge is -2.27. The van der Waals surface area contributed by atoms with Gasteiger partial charge in [0.2, 0.25) is 0 Å². The topological polar surface area (TPSA) is 54.3 Å². The summed E-state index contributed by atoms with van der Waals surface area (Å²) < 4.78 is 18.8. The van der Waals surface area contributed by atoms with Crippen LogP contribution in [-0.4, -0.2) is 53.7 Å². The van der Waals surface area contributed by atoms with E-state index in [-0.39, 0.29) is 24.6 Å². The highest BCUT2D eigenvalue weighted by molar-refractivity contribution is 6.01. The summed E-state index contributed by atoms with van der Waals surface area (Å²) in [5.41, 5.74) is 2.97. The number of rotatable bonds is 10. The Labute approximate surface area is 171 Å². The Morgan fingerprint density at radius 2 is 1.90 bits per heavy atom. The lowest BCUT2D eigenvalue weighted by molar-refractivity contribution is -0.0194. The molecule has 0 fully saturated rings. The predicted molar refractivity (Wildman–Crippen MR) is 111 cm³/mol. The summed E-state index contributed by atoms with van der Waals surface area (Å²) in [6.45, 7) is 5.78. The molecule has 0 spiro atoms. The van der Waals surface area contributed by atoms with E-state index >= 15 is 0 Å².